The minimum atomic E-state index is 0.271. The lowest BCUT2D eigenvalue weighted by Gasteiger charge is -2.25. The maximum atomic E-state index is 9.07. The molecule has 1 saturated carbocycles. The molecule has 154 valence electrons. The molecule has 0 heterocycles. The maximum Gasteiger partial charge on any atom is 0.119 e. The molecule has 0 bridgehead atoms. The van der Waals surface area contributed by atoms with Crippen molar-refractivity contribution in [3.63, 3.8) is 0 Å². The molecule has 1 fully saturated rings. The second-order valence-electron chi connectivity index (χ2n) is 8.44. The number of ether oxygens (including phenoxy) is 1. The molecule has 0 aliphatic heterocycles. The van der Waals surface area contributed by atoms with Crippen LogP contribution in [0.2, 0.25) is 0 Å². The Bertz CT molecular complexity index is 749. The van der Waals surface area contributed by atoms with Gasteiger partial charge in [-0.25, -0.2) is 0 Å². The van der Waals surface area contributed by atoms with Crippen molar-refractivity contribution < 1.29 is 4.74 Å². The van der Waals surface area contributed by atoms with Gasteiger partial charge in [0.15, 0.2) is 0 Å². The summed E-state index contributed by atoms with van der Waals surface area (Å²) < 4.78 is 5.90. The van der Waals surface area contributed by atoms with Crippen molar-refractivity contribution in [1.29, 1.82) is 5.26 Å². The van der Waals surface area contributed by atoms with Gasteiger partial charge >= 0.3 is 0 Å². The summed E-state index contributed by atoms with van der Waals surface area (Å²) in [5.41, 5.74) is 3.91. The monoisotopic (exact) mass is 389 g/mol. The average molecular weight is 390 g/mol. The Morgan fingerprint density at radius 2 is 1.38 bits per heavy atom. The number of nitrogens with zero attached hydrogens (tertiary/aromatic N) is 1. The van der Waals surface area contributed by atoms with E-state index in [1.54, 1.807) is 0 Å². The first-order valence-electron chi connectivity index (χ1n) is 11.5. The highest BCUT2D eigenvalue weighted by Crippen LogP contribution is 2.36. The van der Waals surface area contributed by atoms with Crippen molar-refractivity contribution in [1.82, 2.24) is 0 Å². The first kappa shape index (κ1) is 21.4. The van der Waals surface area contributed by atoms with E-state index in [1.807, 2.05) is 0 Å². The molecular formula is C27H35NO. The Kier molecular flexibility index (Phi) is 8.62. The lowest BCUT2D eigenvalue weighted by atomic mass is 9.79. The molecule has 0 aromatic heterocycles. The Morgan fingerprint density at radius 3 is 2.00 bits per heavy atom. The van der Waals surface area contributed by atoms with Gasteiger partial charge in [0.05, 0.1) is 12.7 Å². The number of nitriles is 1. The lowest BCUT2D eigenvalue weighted by Crippen LogP contribution is -2.11. The molecule has 1 aliphatic carbocycles. The van der Waals surface area contributed by atoms with Crippen molar-refractivity contribution in [3.05, 3.63) is 54.1 Å². The lowest BCUT2D eigenvalue weighted by molar-refractivity contribution is 0.304. The third kappa shape index (κ3) is 6.64. The van der Waals surface area contributed by atoms with Crippen LogP contribution in [0.25, 0.3) is 11.1 Å². The number of unbranched alkanes of at least 4 members (excludes halogenated alkanes) is 5. The summed E-state index contributed by atoms with van der Waals surface area (Å²) in [6, 6.07) is 19.9. The van der Waals surface area contributed by atoms with Crippen LogP contribution in [0.1, 0.15) is 82.6 Å². The van der Waals surface area contributed by atoms with Crippen LogP contribution in [0.5, 0.6) is 5.75 Å². The zero-order valence-corrected chi connectivity index (χ0v) is 17.9. The van der Waals surface area contributed by atoms with Crippen LogP contribution in [-0.4, -0.2) is 6.61 Å². The third-order valence-electron chi connectivity index (χ3n) is 6.25. The highest BCUT2D eigenvalue weighted by atomic mass is 16.5. The molecule has 0 radical (unpaired) electrons. The quantitative estimate of drug-likeness (QED) is 0.387. The Morgan fingerprint density at radius 1 is 0.793 bits per heavy atom. The van der Waals surface area contributed by atoms with Gasteiger partial charge in [-0.3, -0.25) is 0 Å². The maximum absolute atomic E-state index is 9.07. The van der Waals surface area contributed by atoms with Crippen LogP contribution in [0, 0.1) is 17.2 Å². The van der Waals surface area contributed by atoms with Crippen molar-refractivity contribution in [2.45, 2.75) is 77.0 Å². The topological polar surface area (TPSA) is 33.0 Å². The largest absolute Gasteiger partial charge is 0.494 e. The molecule has 2 nitrogen and oxygen atoms in total. The van der Waals surface area contributed by atoms with Crippen LogP contribution in [0.4, 0.5) is 0 Å². The van der Waals surface area contributed by atoms with E-state index in [0.717, 1.165) is 44.5 Å². The Balaban J connectivity index is 1.45. The minimum absolute atomic E-state index is 0.271. The van der Waals surface area contributed by atoms with E-state index in [1.165, 1.54) is 48.8 Å². The second kappa shape index (κ2) is 11.7. The molecule has 2 heteroatoms. The minimum Gasteiger partial charge on any atom is -0.494 e. The highest BCUT2D eigenvalue weighted by Gasteiger charge is 2.21. The van der Waals surface area contributed by atoms with E-state index in [9.17, 15) is 0 Å². The third-order valence-corrected chi connectivity index (χ3v) is 6.25. The summed E-state index contributed by atoms with van der Waals surface area (Å²) in [5, 5.41) is 9.07. The van der Waals surface area contributed by atoms with Gasteiger partial charge < -0.3 is 4.74 Å². The molecule has 0 spiro atoms. The molecule has 1 aliphatic rings. The summed E-state index contributed by atoms with van der Waals surface area (Å²) in [7, 11) is 0. The SMILES string of the molecule is CCCCCCCCOc1ccc(-c2ccc(C3CCC(C#N)CC3)cc2)cc1. The first-order chi connectivity index (χ1) is 14.3. The number of benzene rings is 2. The number of hydrogen-bond acceptors (Lipinski definition) is 2. The summed E-state index contributed by atoms with van der Waals surface area (Å²) in [4.78, 5) is 0. The van der Waals surface area contributed by atoms with Crippen molar-refractivity contribution in [2.75, 3.05) is 6.61 Å². The highest BCUT2D eigenvalue weighted by molar-refractivity contribution is 5.64. The molecular weight excluding hydrogens is 354 g/mol. The fraction of sp³-hybridized carbons (Fsp3) is 0.519. The summed E-state index contributed by atoms with van der Waals surface area (Å²) in [5.74, 6) is 1.85. The molecule has 0 unspecified atom stereocenters. The van der Waals surface area contributed by atoms with E-state index in [0.29, 0.717) is 5.92 Å². The van der Waals surface area contributed by atoms with Crippen LogP contribution in [0.15, 0.2) is 48.5 Å². The van der Waals surface area contributed by atoms with Gasteiger partial charge in [0.1, 0.15) is 5.75 Å². The van der Waals surface area contributed by atoms with Gasteiger partial charge in [-0.2, -0.15) is 5.26 Å². The number of hydrogen-bond donors (Lipinski definition) is 0. The van der Waals surface area contributed by atoms with Gasteiger partial charge in [0.25, 0.3) is 0 Å². The Labute approximate surface area is 176 Å². The number of rotatable bonds is 10. The second-order valence-corrected chi connectivity index (χ2v) is 8.44. The smallest absolute Gasteiger partial charge is 0.119 e. The molecule has 29 heavy (non-hydrogen) atoms. The van der Waals surface area contributed by atoms with Gasteiger partial charge in [-0.15, -0.1) is 0 Å². The zero-order valence-electron chi connectivity index (χ0n) is 17.9. The fourth-order valence-electron chi connectivity index (χ4n) is 4.32. The summed E-state index contributed by atoms with van der Waals surface area (Å²) >= 11 is 0. The molecule has 0 atom stereocenters. The van der Waals surface area contributed by atoms with Crippen LogP contribution < -0.4 is 4.74 Å². The van der Waals surface area contributed by atoms with E-state index in [-0.39, 0.29) is 5.92 Å². The summed E-state index contributed by atoms with van der Waals surface area (Å²) in [6.45, 7) is 3.07. The molecule has 0 N–H and O–H groups in total. The molecule has 2 aromatic rings. The zero-order chi connectivity index (χ0) is 20.3. The van der Waals surface area contributed by atoms with Gasteiger partial charge in [0, 0.05) is 5.92 Å². The van der Waals surface area contributed by atoms with E-state index < -0.39 is 0 Å². The predicted molar refractivity (Wildman–Crippen MR) is 121 cm³/mol. The van der Waals surface area contributed by atoms with E-state index in [4.69, 9.17) is 10.00 Å². The molecule has 3 rings (SSSR count). The van der Waals surface area contributed by atoms with Crippen molar-refractivity contribution >= 4 is 0 Å². The standard InChI is InChI=1S/C27H35NO/c1-2-3-4-5-6-7-20-29-27-18-16-26(17-19-27)25-14-12-24(13-15-25)23-10-8-22(21-28)9-11-23/h12-19,22-23H,2-11,20H2,1H3. The van der Waals surface area contributed by atoms with Gasteiger partial charge in [-0.05, 0) is 66.8 Å². The predicted octanol–water partition coefficient (Wildman–Crippen LogP) is 7.89. The van der Waals surface area contributed by atoms with Crippen LogP contribution >= 0.6 is 0 Å². The fourth-order valence-corrected chi connectivity index (χ4v) is 4.32. The van der Waals surface area contributed by atoms with Crippen molar-refractivity contribution in [3.8, 4) is 22.9 Å². The molecule has 0 saturated heterocycles. The van der Waals surface area contributed by atoms with Gasteiger partial charge in [-0.1, -0.05) is 75.4 Å². The first-order valence-corrected chi connectivity index (χ1v) is 11.5. The normalized spacial score (nSPS) is 18.9. The summed E-state index contributed by atoms with van der Waals surface area (Å²) in [6.07, 6.45) is 12.1. The average Bonchev–Trinajstić information content (AvgIpc) is 2.79. The van der Waals surface area contributed by atoms with Crippen molar-refractivity contribution in [2.24, 2.45) is 5.92 Å². The molecule has 0 amide bonds. The van der Waals surface area contributed by atoms with Crippen LogP contribution in [-0.2, 0) is 0 Å². The van der Waals surface area contributed by atoms with E-state index >= 15 is 0 Å². The van der Waals surface area contributed by atoms with Crippen LogP contribution in [0.3, 0.4) is 0 Å². The van der Waals surface area contributed by atoms with Gasteiger partial charge in [0.2, 0.25) is 0 Å². The molecule has 2 aromatic carbocycles. The van der Waals surface area contributed by atoms with E-state index in [2.05, 4.69) is 61.5 Å². The Hall–Kier alpha value is -2.27.